The van der Waals surface area contributed by atoms with E-state index < -0.39 is 5.82 Å². The number of ether oxygens (including phenoxy) is 1. The highest BCUT2D eigenvalue weighted by atomic mass is 35.5. The van der Waals surface area contributed by atoms with Crippen LogP contribution in [0.25, 0.3) is 16.9 Å². The van der Waals surface area contributed by atoms with Crippen LogP contribution < -0.4 is 4.74 Å². The Morgan fingerprint density at radius 1 is 1.33 bits per heavy atom. The summed E-state index contributed by atoms with van der Waals surface area (Å²) in [6.45, 7) is 0. The summed E-state index contributed by atoms with van der Waals surface area (Å²) in [5, 5.41) is 0.0443. The molecule has 0 unspecified atom stereocenters. The summed E-state index contributed by atoms with van der Waals surface area (Å²) in [6, 6.07) is 4.43. The number of aromatic nitrogens is 4. The van der Waals surface area contributed by atoms with Crippen LogP contribution in [0.3, 0.4) is 0 Å². The van der Waals surface area contributed by atoms with Crippen LogP contribution in [0.2, 0.25) is 5.02 Å². The van der Waals surface area contributed by atoms with Crippen molar-refractivity contribution in [2.24, 2.45) is 0 Å². The van der Waals surface area contributed by atoms with Gasteiger partial charge in [-0.15, -0.1) is 11.6 Å². The van der Waals surface area contributed by atoms with Gasteiger partial charge in [0.05, 0.1) is 23.7 Å². The Morgan fingerprint density at radius 2 is 2.14 bits per heavy atom. The molecule has 0 aliphatic heterocycles. The molecule has 0 atom stereocenters. The minimum Gasteiger partial charge on any atom is -0.479 e. The van der Waals surface area contributed by atoms with E-state index in [2.05, 4.69) is 15.0 Å². The number of rotatable bonds is 3. The number of alkyl halides is 1. The molecule has 3 aromatic rings. The van der Waals surface area contributed by atoms with Crippen LogP contribution in [-0.2, 0) is 5.88 Å². The summed E-state index contributed by atoms with van der Waals surface area (Å²) in [5.74, 6) is 0.438. The molecule has 0 aliphatic carbocycles. The van der Waals surface area contributed by atoms with E-state index in [4.69, 9.17) is 27.9 Å². The smallest absolute Gasteiger partial charge is 0.245 e. The zero-order chi connectivity index (χ0) is 15.0. The van der Waals surface area contributed by atoms with Gasteiger partial charge in [-0.3, -0.25) is 4.57 Å². The van der Waals surface area contributed by atoms with Gasteiger partial charge in [0.15, 0.2) is 11.2 Å². The number of hydrogen-bond donors (Lipinski definition) is 0. The highest BCUT2D eigenvalue weighted by Gasteiger charge is 2.17. The molecule has 0 bridgehead atoms. The van der Waals surface area contributed by atoms with Crippen molar-refractivity contribution in [1.29, 1.82) is 0 Å². The first-order valence-electron chi connectivity index (χ1n) is 5.93. The number of benzene rings is 1. The van der Waals surface area contributed by atoms with Gasteiger partial charge in [-0.25, -0.2) is 14.4 Å². The number of halogens is 3. The highest BCUT2D eigenvalue weighted by molar-refractivity contribution is 6.30. The quantitative estimate of drug-likeness (QED) is 0.692. The van der Waals surface area contributed by atoms with Crippen LogP contribution in [0.5, 0.6) is 5.88 Å². The maximum absolute atomic E-state index is 13.7. The predicted octanol–water partition coefficient (Wildman–Crippen LogP) is 3.36. The molecule has 3 rings (SSSR count). The second-order valence-electron chi connectivity index (χ2n) is 4.15. The summed E-state index contributed by atoms with van der Waals surface area (Å²) < 4.78 is 20.5. The number of hydrogen-bond acceptors (Lipinski definition) is 4. The molecule has 2 heterocycles. The predicted molar refractivity (Wildman–Crippen MR) is 77.7 cm³/mol. The van der Waals surface area contributed by atoms with Crippen molar-refractivity contribution in [3.05, 3.63) is 41.2 Å². The standard InChI is InChI=1S/C13H9Cl2FN4O/c1-21-13-11-12(17-6-18-13)20(10(5-14)19-11)7-2-3-8(15)9(16)4-7/h2-4,6H,5H2,1H3. The van der Waals surface area contributed by atoms with Crippen molar-refractivity contribution in [1.82, 2.24) is 19.5 Å². The fourth-order valence-electron chi connectivity index (χ4n) is 2.05. The Balaban J connectivity index is 2.32. The van der Waals surface area contributed by atoms with Crippen LogP contribution >= 0.6 is 23.2 Å². The van der Waals surface area contributed by atoms with Crippen LogP contribution in [0.1, 0.15) is 5.82 Å². The minimum absolute atomic E-state index is 0.0443. The van der Waals surface area contributed by atoms with E-state index >= 15 is 0 Å². The molecule has 0 N–H and O–H groups in total. The van der Waals surface area contributed by atoms with Gasteiger partial charge >= 0.3 is 0 Å². The molecule has 0 amide bonds. The lowest BCUT2D eigenvalue weighted by Crippen LogP contribution is -2.01. The maximum Gasteiger partial charge on any atom is 0.245 e. The van der Waals surface area contributed by atoms with Gasteiger partial charge in [0, 0.05) is 0 Å². The molecule has 108 valence electrons. The summed E-state index contributed by atoms with van der Waals surface area (Å²) in [4.78, 5) is 12.5. The van der Waals surface area contributed by atoms with Crippen molar-refractivity contribution in [3.63, 3.8) is 0 Å². The average molecular weight is 327 g/mol. The summed E-state index contributed by atoms with van der Waals surface area (Å²) in [6.07, 6.45) is 1.35. The third kappa shape index (κ3) is 2.30. The molecule has 0 aliphatic rings. The summed E-state index contributed by atoms with van der Waals surface area (Å²) in [7, 11) is 1.49. The van der Waals surface area contributed by atoms with E-state index in [0.29, 0.717) is 28.6 Å². The van der Waals surface area contributed by atoms with Crippen LogP contribution in [0.15, 0.2) is 24.5 Å². The molecule has 8 heteroatoms. The van der Waals surface area contributed by atoms with Crippen molar-refractivity contribution in [2.75, 3.05) is 7.11 Å². The molecule has 0 fully saturated rings. The monoisotopic (exact) mass is 326 g/mol. The Bertz CT molecular complexity index is 821. The van der Waals surface area contributed by atoms with Gasteiger partial charge in [0.1, 0.15) is 18.0 Å². The van der Waals surface area contributed by atoms with E-state index in [9.17, 15) is 4.39 Å². The summed E-state index contributed by atoms with van der Waals surface area (Å²) >= 11 is 11.6. The molecule has 0 spiro atoms. The minimum atomic E-state index is -0.530. The van der Waals surface area contributed by atoms with Gasteiger partial charge in [-0.05, 0) is 18.2 Å². The van der Waals surface area contributed by atoms with E-state index in [1.54, 1.807) is 10.6 Å². The first-order chi connectivity index (χ1) is 10.2. The lowest BCUT2D eigenvalue weighted by atomic mass is 10.3. The number of methoxy groups -OCH3 is 1. The van der Waals surface area contributed by atoms with Crippen molar-refractivity contribution in [2.45, 2.75) is 5.88 Å². The van der Waals surface area contributed by atoms with Gasteiger partial charge in [-0.2, -0.15) is 4.98 Å². The first kappa shape index (κ1) is 14.0. The molecule has 0 radical (unpaired) electrons. The zero-order valence-electron chi connectivity index (χ0n) is 10.8. The van der Waals surface area contributed by atoms with E-state index in [1.807, 2.05) is 0 Å². The van der Waals surface area contributed by atoms with Gasteiger partial charge in [0.25, 0.3) is 0 Å². The second kappa shape index (κ2) is 5.46. The normalized spacial score (nSPS) is 11.0. The third-order valence-corrected chi connectivity index (χ3v) is 3.50. The SMILES string of the molecule is COc1ncnc2c1nc(CCl)n2-c1ccc(Cl)c(F)c1. The van der Waals surface area contributed by atoms with Gasteiger partial charge in [0.2, 0.25) is 5.88 Å². The average Bonchev–Trinajstić information content (AvgIpc) is 2.88. The van der Waals surface area contributed by atoms with Gasteiger partial charge < -0.3 is 4.74 Å². The number of fused-ring (bicyclic) bond motifs is 1. The maximum atomic E-state index is 13.7. The Kier molecular flexibility index (Phi) is 3.65. The molecule has 0 saturated heterocycles. The molecular formula is C13H9Cl2FN4O. The van der Waals surface area contributed by atoms with Crippen molar-refractivity contribution < 1.29 is 9.13 Å². The third-order valence-electron chi connectivity index (χ3n) is 2.95. The van der Waals surface area contributed by atoms with E-state index in [1.165, 1.54) is 25.6 Å². The Morgan fingerprint density at radius 3 is 2.81 bits per heavy atom. The molecule has 5 nitrogen and oxygen atoms in total. The van der Waals surface area contributed by atoms with Crippen LogP contribution in [0.4, 0.5) is 4.39 Å². The van der Waals surface area contributed by atoms with E-state index in [0.717, 1.165) is 0 Å². The lowest BCUT2D eigenvalue weighted by molar-refractivity contribution is 0.401. The number of imidazole rings is 1. The Hall–Kier alpha value is -1.92. The topological polar surface area (TPSA) is 52.8 Å². The Labute approximate surface area is 129 Å². The van der Waals surface area contributed by atoms with Crippen LogP contribution in [0, 0.1) is 5.82 Å². The van der Waals surface area contributed by atoms with Crippen molar-refractivity contribution >= 4 is 34.4 Å². The molecular weight excluding hydrogens is 318 g/mol. The number of nitrogens with zero attached hydrogens (tertiary/aromatic N) is 4. The van der Waals surface area contributed by atoms with Crippen LogP contribution in [-0.4, -0.2) is 26.6 Å². The van der Waals surface area contributed by atoms with Crippen molar-refractivity contribution in [3.8, 4) is 11.6 Å². The zero-order valence-corrected chi connectivity index (χ0v) is 12.4. The van der Waals surface area contributed by atoms with Gasteiger partial charge in [-0.1, -0.05) is 11.6 Å². The molecule has 0 saturated carbocycles. The van der Waals surface area contributed by atoms with E-state index in [-0.39, 0.29) is 10.9 Å². The molecule has 2 aromatic heterocycles. The first-order valence-corrected chi connectivity index (χ1v) is 6.84. The molecule has 21 heavy (non-hydrogen) atoms. The summed E-state index contributed by atoms with van der Waals surface area (Å²) in [5.41, 5.74) is 1.47. The highest BCUT2D eigenvalue weighted by Crippen LogP contribution is 2.27. The largest absolute Gasteiger partial charge is 0.479 e. The fraction of sp³-hybridized carbons (Fsp3) is 0.154. The molecule has 1 aromatic carbocycles. The fourth-order valence-corrected chi connectivity index (χ4v) is 2.35. The second-order valence-corrected chi connectivity index (χ2v) is 4.83. The lowest BCUT2D eigenvalue weighted by Gasteiger charge is -2.07.